The van der Waals surface area contributed by atoms with Gasteiger partial charge in [0.15, 0.2) is 0 Å². The molecule has 3 rings (SSSR count). The predicted molar refractivity (Wildman–Crippen MR) is 104 cm³/mol. The lowest BCUT2D eigenvalue weighted by Gasteiger charge is -2.23. The normalized spacial score (nSPS) is 16.1. The number of hydrogen-bond acceptors (Lipinski definition) is 4. The Morgan fingerprint density at radius 3 is 2.85 bits per heavy atom. The second-order valence-corrected chi connectivity index (χ2v) is 7.65. The lowest BCUT2D eigenvalue weighted by molar-refractivity contribution is -0.120. The van der Waals surface area contributed by atoms with Gasteiger partial charge in [-0.15, -0.1) is 11.8 Å². The summed E-state index contributed by atoms with van der Waals surface area (Å²) in [6.45, 7) is 4.46. The van der Waals surface area contributed by atoms with Crippen molar-refractivity contribution in [3.63, 3.8) is 0 Å². The van der Waals surface area contributed by atoms with E-state index in [2.05, 4.69) is 10.6 Å². The van der Waals surface area contributed by atoms with Crippen molar-refractivity contribution in [2.45, 2.75) is 43.1 Å². The van der Waals surface area contributed by atoms with E-state index < -0.39 is 5.25 Å². The molecule has 2 N–H and O–H groups in total. The summed E-state index contributed by atoms with van der Waals surface area (Å²) in [5.74, 6) is -0.318. The van der Waals surface area contributed by atoms with Gasteiger partial charge in [-0.3, -0.25) is 9.59 Å². The molecule has 2 aromatic carbocycles. The molecule has 1 aliphatic rings. The van der Waals surface area contributed by atoms with Crippen molar-refractivity contribution in [2.24, 2.45) is 0 Å². The minimum Gasteiger partial charge on any atom is -0.374 e. The smallest absolute Gasteiger partial charge is 0.238 e. The van der Waals surface area contributed by atoms with E-state index >= 15 is 0 Å². The summed E-state index contributed by atoms with van der Waals surface area (Å²) < 4.78 is 5.59. The Labute approximate surface area is 157 Å². The third-order valence-corrected chi connectivity index (χ3v) is 5.15. The number of fused-ring (bicyclic) bond motifs is 1. The molecular formula is C20H22N2O3S. The molecule has 0 aromatic heterocycles. The van der Waals surface area contributed by atoms with Gasteiger partial charge in [0, 0.05) is 17.0 Å². The fourth-order valence-corrected chi connectivity index (χ4v) is 3.72. The Balaban J connectivity index is 1.59. The van der Waals surface area contributed by atoms with E-state index in [-0.39, 0.29) is 24.3 Å². The average Bonchev–Trinajstić information content (AvgIpc) is 2.61. The monoisotopic (exact) mass is 370 g/mol. The highest BCUT2D eigenvalue weighted by Crippen LogP contribution is 2.36. The van der Waals surface area contributed by atoms with Crippen molar-refractivity contribution in [1.82, 2.24) is 0 Å². The molecule has 6 heteroatoms. The first-order valence-corrected chi connectivity index (χ1v) is 9.46. The van der Waals surface area contributed by atoms with Gasteiger partial charge in [0.05, 0.1) is 23.6 Å². The van der Waals surface area contributed by atoms with Crippen LogP contribution in [-0.2, 0) is 20.9 Å². The topological polar surface area (TPSA) is 67.4 Å². The molecule has 5 nitrogen and oxygen atoms in total. The molecule has 1 atom stereocenters. The molecule has 2 amide bonds. The lowest BCUT2D eigenvalue weighted by atomic mass is 10.2. The van der Waals surface area contributed by atoms with Crippen LogP contribution < -0.4 is 10.6 Å². The molecule has 2 aromatic rings. The molecule has 136 valence electrons. The highest BCUT2D eigenvalue weighted by atomic mass is 32.2. The van der Waals surface area contributed by atoms with Gasteiger partial charge in [-0.1, -0.05) is 24.3 Å². The number of anilines is 2. The summed E-state index contributed by atoms with van der Waals surface area (Å²) in [5.41, 5.74) is 2.51. The van der Waals surface area contributed by atoms with E-state index in [0.29, 0.717) is 12.3 Å². The molecule has 0 bridgehead atoms. The van der Waals surface area contributed by atoms with Crippen LogP contribution in [0, 0.1) is 0 Å². The van der Waals surface area contributed by atoms with Crippen LogP contribution in [-0.4, -0.2) is 23.2 Å². The largest absolute Gasteiger partial charge is 0.374 e. The number of carbonyl (C=O) groups is 2. The minimum absolute atomic E-state index is 0.123. The van der Waals surface area contributed by atoms with Gasteiger partial charge in [0.1, 0.15) is 0 Å². The van der Waals surface area contributed by atoms with Gasteiger partial charge in [0.2, 0.25) is 11.8 Å². The standard InChI is InChI=1S/C20H22N2O3S/c1-13(2)25-12-14-6-5-7-15(10-14)21-19(23)11-18-20(24)22-16-8-3-4-9-17(16)26-18/h3-10,13,18H,11-12H2,1-2H3,(H,21,23)(H,22,24). The Morgan fingerprint density at radius 2 is 2.04 bits per heavy atom. The molecule has 0 radical (unpaired) electrons. The second-order valence-electron chi connectivity index (χ2n) is 6.40. The zero-order chi connectivity index (χ0) is 18.5. The molecule has 1 aliphatic heterocycles. The maximum atomic E-state index is 12.4. The maximum absolute atomic E-state index is 12.4. The second kappa shape index (κ2) is 8.38. The van der Waals surface area contributed by atoms with Crippen molar-refractivity contribution < 1.29 is 14.3 Å². The van der Waals surface area contributed by atoms with Crippen LogP contribution in [0.5, 0.6) is 0 Å². The van der Waals surface area contributed by atoms with Gasteiger partial charge in [0.25, 0.3) is 0 Å². The summed E-state index contributed by atoms with van der Waals surface area (Å²) in [6.07, 6.45) is 0.273. The summed E-state index contributed by atoms with van der Waals surface area (Å²) in [5, 5.41) is 5.30. The average molecular weight is 370 g/mol. The first kappa shape index (κ1) is 18.5. The van der Waals surface area contributed by atoms with Crippen LogP contribution in [0.2, 0.25) is 0 Å². The van der Waals surface area contributed by atoms with E-state index in [1.54, 1.807) is 0 Å². The van der Waals surface area contributed by atoms with Gasteiger partial charge >= 0.3 is 0 Å². The summed E-state index contributed by atoms with van der Waals surface area (Å²) in [6, 6.07) is 15.2. The summed E-state index contributed by atoms with van der Waals surface area (Å²) in [4.78, 5) is 25.6. The van der Waals surface area contributed by atoms with Gasteiger partial charge in [-0.05, 0) is 43.7 Å². The molecule has 1 heterocycles. The third kappa shape index (κ3) is 4.86. The number of ether oxygens (including phenoxy) is 1. The van der Waals surface area contributed by atoms with Gasteiger partial charge in [-0.2, -0.15) is 0 Å². The molecular weight excluding hydrogens is 348 g/mol. The molecule has 0 saturated heterocycles. The third-order valence-electron chi connectivity index (χ3n) is 3.87. The van der Waals surface area contributed by atoms with Crippen molar-refractivity contribution in [2.75, 3.05) is 10.6 Å². The van der Waals surface area contributed by atoms with E-state index in [0.717, 1.165) is 16.1 Å². The molecule has 26 heavy (non-hydrogen) atoms. The predicted octanol–water partition coefficient (Wildman–Crippen LogP) is 4.05. The first-order valence-electron chi connectivity index (χ1n) is 8.58. The fourth-order valence-electron chi connectivity index (χ4n) is 2.61. The number of benzene rings is 2. The number of hydrogen-bond donors (Lipinski definition) is 2. The molecule has 0 fully saturated rings. The van der Waals surface area contributed by atoms with E-state index in [9.17, 15) is 9.59 Å². The number of carbonyl (C=O) groups excluding carboxylic acids is 2. The Kier molecular flexibility index (Phi) is 5.96. The van der Waals surface area contributed by atoms with Crippen molar-refractivity contribution in [3.8, 4) is 0 Å². The lowest BCUT2D eigenvalue weighted by Crippen LogP contribution is -2.32. The summed E-state index contributed by atoms with van der Waals surface area (Å²) in [7, 11) is 0. The SMILES string of the molecule is CC(C)OCc1cccc(NC(=O)CC2Sc3ccccc3NC2=O)c1. The van der Waals surface area contributed by atoms with Crippen LogP contribution >= 0.6 is 11.8 Å². The molecule has 1 unspecified atom stereocenters. The van der Waals surface area contributed by atoms with Crippen LogP contribution in [0.25, 0.3) is 0 Å². The number of nitrogens with one attached hydrogen (secondary N) is 2. The van der Waals surface area contributed by atoms with Crippen LogP contribution in [0.3, 0.4) is 0 Å². The zero-order valence-electron chi connectivity index (χ0n) is 14.8. The van der Waals surface area contributed by atoms with Crippen LogP contribution in [0.4, 0.5) is 11.4 Å². The Morgan fingerprint density at radius 1 is 1.23 bits per heavy atom. The number of amides is 2. The van der Waals surface area contributed by atoms with E-state index in [4.69, 9.17) is 4.74 Å². The van der Waals surface area contributed by atoms with Crippen molar-refractivity contribution in [3.05, 3.63) is 54.1 Å². The van der Waals surface area contributed by atoms with Crippen molar-refractivity contribution >= 4 is 35.0 Å². The number of rotatable bonds is 6. The Bertz CT molecular complexity index is 807. The summed E-state index contributed by atoms with van der Waals surface area (Å²) >= 11 is 1.43. The quantitative estimate of drug-likeness (QED) is 0.805. The van der Waals surface area contributed by atoms with Crippen molar-refractivity contribution in [1.29, 1.82) is 0 Å². The van der Waals surface area contributed by atoms with Crippen LogP contribution in [0.15, 0.2) is 53.4 Å². The molecule has 0 spiro atoms. The van der Waals surface area contributed by atoms with Gasteiger partial charge < -0.3 is 15.4 Å². The highest BCUT2D eigenvalue weighted by Gasteiger charge is 2.28. The molecule has 0 aliphatic carbocycles. The highest BCUT2D eigenvalue weighted by molar-refractivity contribution is 8.01. The Hall–Kier alpha value is -2.31. The minimum atomic E-state index is -0.433. The van der Waals surface area contributed by atoms with E-state index in [1.807, 2.05) is 62.4 Å². The van der Waals surface area contributed by atoms with E-state index in [1.165, 1.54) is 11.8 Å². The fraction of sp³-hybridized carbons (Fsp3) is 0.300. The zero-order valence-corrected chi connectivity index (χ0v) is 15.6. The maximum Gasteiger partial charge on any atom is 0.238 e. The number of para-hydroxylation sites is 1. The van der Waals surface area contributed by atoms with Crippen LogP contribution in [0.1, 0.15) is 25.8 Å². The first-order chi connectivity index (χ1) is 12.5. The molecule has 0 saturated carbocycles. The van der Waals surface area contributed by atoms with Gasteiger partial charge in [-0.25, -0.2) is 0 Å². The number of thioether (sulfide) groups is 1.